The average molecular weight is 439 g/mol. The van der Waals surface area contributed by atoms with Gasteiger partial charge in [0.2, 0.25) is 5.91 Å². The molecule has 152 valence electrons. The molecule has 2 N–H and O–H groups in total. The van der Waals surface area contributed by atoms with Crippen LogP contribution in [0.15, 0.2) is 57.8 Å². The van der Waals surface area contributed by atoms with E-state index in [-0.39, 0.29) is 17.0 Å². The lowest BCUT2D eigenvalue weighted by molar-refractivity contribution is -0.141. The summed E-state index contributed by atoms with van der Waals surface area (Å²) in [5.41, 5.74) is -0.242. The Labute approximate surface area is 172 Å². The molecule has 3 rings (SSSR count). The molecule has 0 aliphatic rings. The maximum atomic E-state index is 12.8. The zero-order valence-corrected chi connectivity index (χ0v) is 16.8. The van der Waals surface area contributed by atoms with E-state index in [9.17, 15) is 22.8 Å². The van der Waals surface area contributed by atoms with Gasteiger partial charge in [-0.25, -0.2) is 4.98 Å². The zero-order chi connectivity index (χ0) is 21.0. The van der Waals surface area contributed by atoms with Crippen LogP contribution >= 0.6 is 23.1 Å². The average Bonchev–Trinajstić information content (AvgIpc) is 3.19. The number of alkyl halides is 3. The third-order valence-electron chi connectivity index (χ3n) is 3.89. The molecule has 10 heteroatoms. The van der Waals surface area contributed by atoms with Gasteiger partial charge in [-0.15, -0.1) is 11.3 Å². The summed E-state index contributed by atoms with van der Waals surface area (Å²) in [7, 11) is 0. The van der Waals surface area contributed by atoms with Crippen LogP contribution in [0.1, 0.15) is 27.7 Å². The number of aryl methyl sites for hydroxylation is 1. The number of benzene rings is 1. The van der Waals surface area contributed by atoms with E-state index in [0.29, 0.717) is 6.07 Å². The Bertz CT molecular complexity index is 1030. The lowest BCUT2D eigenvalue weighted by atomic mass is 10.0. The predicted molar refractivity (Wildman–Crippen MR) is 106 cm³/mol. The van der Waals surface area contributed by atoms with Crippen molar-refractivity contribution < 1.29 is 18.0 Å². The van der Waals surface area contributed by atoms with Crippen LogP contribution in [0.3, 0.4) is 0 Å². The number of carbonyl (C=O) groups excluding carboxylic acids is 1. The molecule has 1 amide bonds. The van der Waals surface area contributed by atoms with E-state index < -0.39 is 23.3 Å². The molecular weight excluding hydrogens is 423 g/mol. The number of thioether (sulfide) groups is 1. The summed E-state index contributed by atoms with van der Waals surface area (Å²) in [4.78, 5) is 30.4. The third-order valence-corrected chi connectivity index (χ3v) is 5.70. The van der Waals surface area contributed by atoms with Gasteiger partial charge in [0.25, 0.3) is 5.56 Å². The Morgan fingerprint density at radius 2 is 2.00 bits per heavy atom. The highest BCUT2D eigenvalue weighted by molar-refractivity contribution is 7.99. The first-order valence-corrected chi connectivity index (χ1v) is 10.3. The maximum absolute atomic E-state index is 12.8. The number of carbonyl (C=O) groups is 1. The van der Waals surface area contributed by atoms with Gasteiger partial charge in [-0.1, -0.05) is 47.7 Å². The lowest BCUT2D eigenvalue weighted by Crippen LogP contribution is -2.30. The predicted octanol–water partition coefficient (Wildman–Crippen LogP) is 4.16. The van der Waals surface area contributed by atoms with Gasteiger partial charge in [-0.2, -0.15) is 13.2 Å². The molecule has 0 bridgehead atoms. The summed E-state index contributed by atoms with van der Waals surface area (Å²) in [5.74, 6) is -0.591. The molecule has 5 nitrogen and oxygen atoms in total. The Morgan fingerprint density at radius 3 is 2.62 bits per heavy atom. The van der Waals surface area contributed by atoms with Gasteiger partial charge < -0.3 is 10.3 Å². The van der Waals surface area contributed by atoms with Gasteiger partial charge in [-0.05, 0) is 23.9 Å². The summed E-state index contributed by atoms with van der Waals surface area (Å²) >= 11 is 2.22. The summed E-state index contributed by atoms with van der Waals surface area (Å²) in [5, 5.41) is 4.53. The molecule has 3 aromatic rings. The van der Waals surface area contributed by atoms with Crippen molar-refractivity contribution in [2.45, 2.75) is 24.3 Å². The number of nitrogens with one attached hydrogen (secondary N) is 2. The standard InChI is InChI=1S/C19H16F3N3O2S2/c1-11-4-6-12(7-5-11)17(13-3-2-8-28-13)24-16(27)10-29-18-23-14(19(20,21)22)9-15(26)25-18/h2-9,17H,10H2,1H3,(H,24,27)(H,23,25,26). The molecule has 0 fully saturated rings. The Kier molecular flexibility index (Phi) is 6.43. The van der Waals surface area contributed by atoms with Crippen LogP contribution < -0.4 is 10.9 Å². The number of hydrogen-bond donors (Lipinski definition) is 2. The van der Waals surface area contributed by atoms with Crippen LogP contribution in [0.25, 0.3) is 0 Å². The van der Waals surface area contributed by atoms with Crippen LogP contribution in [0.2, 0.25) is 0 Å². The van der Waals surface area contributed by atoms with Crippen molar-refractivity contribution in [2.24, 2.45) is 0 Å². The topological polar surface area (TPSA) is 74.8 Å². The van der Waals surface area contributed by atoms with E-state index in [1.165, 1.54) is 11.3 Å². The fourth-order valence-corrected chi connectivity index (χ4v) is 4.01. The molecule has 0 aliphatic carbocycles. The maximum Gasteiger partial charge on any atom is 0.433 e. The second-order valence-electron chi connectivity index (χ2n) is 6.15. The third kappa shape index (κ3) is 5.70. The van der Waals surface area contributed by atoms with Crippen LogP contribution in [0, 0.1) is 6.92 Å². The van der Waals surface area contributed by atoms with Gasteiger partial charge in [0.05, 0.1) is 11.8 Å². The van der Waals surface area contributed by atoms with Gasteiger partial charge in [0.1, 0.15) is 0 Å². The summed E-state index contributed by atoms with van der Waals surface area (Å²) < 4.78 is 38.4. The fourth-order valence-electron chi connectivity index (χ4n) is 2.52. The molecule has 0 radical (unpaired) electrons. The highest BCUT2D eigenvalue weighted by atomic mass is 32.2. The molecular formula is C19H16F3N3O2S2. The van der Waals surface area contributed by atoms with Gasteiger partial charge in [0, 0.05) is 10.9 Å². The van der Waals surface area contributed by atoms with Crippen molar-refractivity contribution in [1.82, 2.24) is 15.3 Å². The molecule has 0 aliphatic heterocycles. The minimum absolute atomic E-state index is 0.196. The molecule has 0 saturated carbocycles. The van der Waals surface area contributed by atoms with Crippen molar-refractivity contribution in [3.05, 3.63) is 79.9 Å². The summed E-state index contributed by atoms with van der Waals surface area (Å²) in [6.45, 7) is 1.96. The van der Waals surface area contributed by atoms with Crippen molar-refractivity contribution in [1.29, 1.82) is 0 Å². The number of thiophene rings is 1. The Hall–Kier alpha value is -2.59. The van der Waals surface area contributed by atoms with Gasteiger partial charge in [0.15, 0.2) is 10.9 Å². The van der Waals surface area contributed by atoms with Crippen molar-refractivity contribution >= 4 is 29.0 Å². The zero-order valence-electron chi connectivity index (χ0n) is 15.1. The normalized spacial score (nSPS) is 12.6. The molecule has 1 atom stereocenters. The van der Waals surface area contributed by atoms with Crippen LogP contribution in [0.4, 0.5) is 13.2 Å². The van der Waals surface area contributed by atoms with Gasteiger partial charge >= 0.3 is 6.18 Å². The second kappa shape index (κ2) is 8.83. The van der Waals surface area contributed by atoms with E-state index in [0.717, 1.165) is 27.8 Å². The lowest BCUT2D eigenvalue weighted by Gasteiger charge is -2.18. The first-order valence-electron chi connectivity index (χ1n) is 8.43. The molecule has 1 unspecified atom stereocenters. The molecule has 0 spiro atoms. The SMILES string of the molecule is Cc1ccc(C(NC(=O)CSc2nc(C(F)(F)F)cc(=O)[nH]2)c2cccs2)cc1. The number of aromatic amines is 1. The number of aromatic nitrogens is 2. The van der Waals surface area contributed by atoms with E-state index in [4.69, 9.17) is 0 Å². The monoisotopic (exact) mass is 439 g/mol. The number of H-pyrrole nitrogens is 1. The highest BCUT2D eigenvalue weighted by Gasteiger charge is 2.33. The van der Waals surface area contributed by atoms with Crippen molar-refractivity contribution in [3.8, 4) is 0 Å². The first-order chi connectivity index (χ1) is 13.7. The van der Waals surface area contributed by atoms with E-state index in [2.05, 4.69) is 15.3 Å². The van der Waals surface area contributed by atoms with E-state index in [1.54, 1.807) is 0 Å². The van der Waals surface area contributed by atoms with Crippen molar-refractivity contribution in [2.75, 3.05) is 5.75 Å². The molecule has 2 aromatic heterocycles. The number of halogens is 3. The Balaban J connectivity index is 1.72. The number of nitrogens with zero attached hydrogens (tertiary/aromatic N) is 1. The smallest absolute Gasteiger partial charge is 0.344 e. The number of rotatable bonds is 6. The van der Waals surface area contributed by atoms with Crippen molar-refractivity contribution in [3.63, 3.8) is 0 Å². The minimum atomic E-state index is -4.73. The van der Waals surface area contributed by atoms with Crippen LogP contribution in [-0.4, -0.2) is 21.6 Å². The second-order valence-corrected chi connectivity index (χ2v) is 8.09. The van der Waals surface area contributed by atoms with Crippen LogP contribution in [0.5, 0.6) is 0 Å². The summed E-state index contributed by atoms with van der Waals surface area (Å²) in [6, 6.07) is 11.5. The van der Waals surface area contributed by atoms with E-state index >= 15 is 0 Å². The number of hydrogen-bond acceptors (Lipinski definition) is 5. The van der Waals surface area contributed by atoms with E-state index in [1.807, 2.05) is 48.7 Å². The largest absolute Gasteiger partial charge is 0.433 e. The first kappa shape index (κ1) is 21.1. The Morgan fingerprint density at radius 1 is 1.28 bits per heavy atom. The molecule has 1 aromatic carbocycles. The molecule has 29 heavy (non-hydrogen) atoms. The highest BCUT2D eigenvalue weighted by Crippen LogP contribution is 2.28. The van der Waals surface area contributed by atoms with Crippen LogP contribution in [-0.2, 0) is 11.0 Å². The fraction of sp³-hybridized carbons (Fsp3) is 0.211. The quantitative estimate of drug-likeness (QED) is 0.447. The van der Waals surface area contributed by atoms with Gasteiger partial charge in [-0.3, -0.25) is 9.59 Å². The number of amides is 1. The minimum Gasteiger partial charge on any atom is -0.344 e. The molecule has 2 heterocycles. The molecule has 0 saturated heterocycles. The summed E-state index contributed by atoms with van der Waals surface area (Å²) in [6.07, 6.45) is -4.73.